The number of aromatic amines is 1. The first kappa shape index (κ1) is 32.9. The van der Waals surface area contributed by atoms with Gasteiger partial charge in [-0.1, -0.05) is 18.2 Å². The lowest BCUT2D eigenvalue weighted by Crippen LogP contribution is -2.41. The Balaban J connectivity index is 1.17. The first-order chi connectivity index (χ1) is 22.3. The van der Waals surface area contributed by atoms with Crippen LogP contribution < -0.4 is 10.3 Å². The molecule has 0 saturated carbocycles. The minimum absolute atomic E-state index is 0.103. The number of piperidine rings is 1. The predicted octanol–water partition coefficient (Wildman–Crippen LogP) is 7.20. The number of likely N-dealkylation sites (tertiary alicyclic amines) is 1. The van der Waals surface area contributed by atoms with Gasteiger partial charge in [0.1, 0.15) is 32.5 Å². The Hall–Kier alpha value is -4.05. The molecule has 47 heavy (non-hydrogen) atoms. The fourth-order valence-electron chi connectivity index (χ4n) is 6.76. The lowest BCUT2D eigenvalue weighted by molar-refractivity contribution is 0.0181. The van der Waals surface area contributed by atoms with Crippen LogP contribution in [0.25, 0.3) is 22.0 Å². The number of pyridine rings is 1. The standard InChI is InChI=1S/C37H45N3O6S/c1-37(2,3)46-36(42)40-19-14-26(15-20-40)6-5-25-7-10-29(11-8-25)45-33-12-9-28(27-16-21-47(43,44)22-17-27)23-31(33)32-24-39(4)35(41)34-30(32)13-18-38-34/h7-13,18,23-24,26-27,38H,5-6,14-17,19-22H2,1-4H3. The molecule has 6 rings (SSSR count). The summed E-state index contributed by atoms with van der Waals surface area (Å²) in [5.41, 5.74) is 4.00. The van der Waals surface area contributed by atoms with Gasteiger partial charge >= 0.3 is 6.09 Å². The van der Waals surface area contributed by atoms with E-state index in [0.717, 1.165) is 60.8 Å². The summed E-state index contributed by atoms with van der Waals surface area (Å²) >= 11 is 0. The number of fused-ring (bicyclic) bond motifs is 1. The monoisotopic (exact) mass is 659 g/mol. The van der Waals surface area contributed by atoms with Crippen molar-refractivity contribution < 1.29 is 22.7 Å². The Kier molecular flexibility index (Phi) is 9.25. The Labute approximate surface area is 276 Å². The fourth-order valence-corrected chi connectivity index (χ4v) is 8.25. The van der Waals surface area contributed by atoms with Crippen LogP contribution in [0.1, 0.15) is 69.9 Å². The molecule has 2 aliphatic rings. The molecule has 0 radical (unpaired) electrons. The Morgan fingerprint density at radius 3 is 2.34 bits per heavy atom. The summed E-state index contributed by atoms with van der Waals surface area (Å²) in [7, 11) is -1.24. The molecule has 0 unspecified atom stereocenters. The molecule has 2 aromatic carbocycles. The van der Waals surface area contributed by atoms with Crippen LogP contribution in [0.3, 0.4) is 0 Å². The molecule has 250 valence electrons. The highest BCUT2D eigenvalue weighted by atomic mass is 32.2. The van der Waals surface area contributed by atoms with E-state index >= 15 is 0 Å². The van der Waals surface area contributed by atoms with Crippen LogP contribution in [0.2, 0.25) is 0 Å². The van der Waals surface area contributed by atoms with Crippen LogP contribution in [-0.4, -0.2) is 59.2 Å². The zero-order chi connectivity index (χ0) is 33.3. The first-order valence-corrected chi connectivity index (χ1v) is 18.4. The topological polar surface area (TPSA) is 111 Å². The van der Waals surface area contributed by atoms with E-state index in [1.54, 1.807) is 17.8 Å². The third kappa shape index (κ3) is 7.75. The Morgan fingerprint density at radius 1 is 0.957 bits per heavy atom. The number of aryl methyl sites for hydroxylation is 2. The highest BCUT2D eigenvalue weighted by molar-refractivity contribution is 7.91. The van der Waals surface area contributed by atoms with Crippen LogP contribution in [0.5, 0.6) is 11.5 Å². The number of carbonyl (C=O) groups excluding carboxylic acids is 1. The van der Waals surface area contributed by atoms with E-state index in [1.807, 2.05) is 62.2 Å². The van der Waals surface area contributed by atoms with E-state index in [-0.39, 0.29) is 29.1 Å². The van der Waals surface area contributed by atoms with Crippen molar-refractivity contribution in [2.75, 3.05) is 24.6 Å². The second-order valence-electron chi connectivity index (χ2n) is 14.1. The number of hydrogen-bond acceptors (Lipinski definition) is 6. The highest BCUT2D eigenvalue weighted by Crippen LogP contribution is 2.40. The van der Waals surface area contributed by atoms with Gasteiger partial charge in [0.15, 0.2) is 0 Å². The zero-order valence-electron chi connectivity index (χ0n) is 27.8. The van der Waals surface area contributed by atoms with Gasteiger partial charge < -0.3 is 23.9 Å². The van der Waals surface area contributed by atoms with Crippen molar-refractivity contribution in [2.45, 2.75) is 70.8 Å². The molecule has 10 heteroatoms. The molecular formula is C37H45N3O6S. The van der Waals surface area contributed by atoms with Crippen molar-refractivity contribution >= 4 is 26.8 Å². The Morgan fingerprint density at radius 2 is 1.66 bits per heavy atom. The number of benzene rings is 2. The number of amides is 1. The van der Waals surface area contributed by atoms with Gasteiger partial charge in [0, 0.05) is 49.0 Å². The fraction of sp³-hybridized carbons (Fsp3) is 0.459. The molecule has 4 aromatic rings. The van der Waals surface area contributed by atoms with Gasteiger partial charge in [0.2, 0.25) is 0 Å². The van der Waals surface area contributed by atoms with Crippen molar-refractivity contribution in [3.05, 3.63) is 82.4 Å². The minimum Gasteiger partial charge on any atom is -0.457 e. The smallest absolute Gasteiger partial charge is 0.410 e. The number of aromatic nitrogens is 2. The number of ether oxygens (including phenoxy) is 2. The summed E-state index contributed by atoms with van der Waals surface area (Å²) in [5, 5.41) is 0.814. The van der Waals surface area contributed by atoms with E-state index < -0.39 is 15.4 Å². The van der Waals surface area contributed by atoms with Crippen molar-refractivity contribution in [1.82, 2.24) is 14.5 Å². The number of rotatable bonds is 7. The quantitative estimate of drug-likeness (QED) is 0.225. The lowest BCUT2D eigenvalue weighted by atomic mass is 9.90. The van der Waals surface area contributed by atoms with Gasteiger partial charge in [-0.2, -0.15) is 0 Å². The first-order valence-electron chi connectivity index (χ1n) is 16.6. The predicted molar refractivity (Wildman–Crippen MR) is 185 cm³/mol. The number of hydrogen-bond donors (Lipinski definition) is 1. The van der Waals surface area contributed by atoms with E-state index in [1.165, 1.54) is 5.56 Å². The van der Waals surface area contributed by atoms with Crippen LogP contribution in [0.4, 0.5) is 4.79 Å². The molecule has 2 aliphatic heterocycles. The maximum absolute atomic E-state index is 12.8. The van der Waals surface area contributed by atoms with Crippen LogP contribution in [0.15, 0.2) is 65.7 Å². The summed E-state index contributed by atoms with van der Waals surface area (Å²) in [5.74, 6) is 2.50. The molecule has 0 aliphatic carbocycles. The van der Waals surface area contributed by atoms with E-state index in [2.05, 4.69) is 23.2 Å². The summed E-state index contributed by atoms with van der Waals surface area (Å²) < 4.78 is 37.8. The molecular weight excluding hydrogens is 614 g/mol. The molecule has 2 saturated heterocycles. The van der Waals surface area contributed by atoms with Gasteiger partial charge in [-0.05, 0) is 113 Å². The molecule has 2 fully saturated rings. The summed E-state index contributed by atoms with van der Waals surface area (Å²) in [6, 6.07) is 16.2. The van der Waals surface area contributed by atoms with E-state index in [0.29, 0.717) is 35.8 Å². The minimum atomic E-state index is -2.98. The molecule has 1 amide bonds. The largest absolute Gasteiger partial charge is 0.457 e. The molecule has 2 aromatic heterocycles. The SMILES string of the molecule is Cn1cc(-c2cc(C3CCS(=O)(=O)CC3)ccc2Oc2ccc(CCC3CCN(C(=O)OC(C)(C)C)CC3)cc2)c2cc[nH]c2c1=O. The number of H-pyrrole nitrogens is 1. The summed E-state index contributed by atoms with van der Waals surface area (Å²) in [6.07, 6.45) is 8.57. The van der Waals surface area contributed by atoms with Crippen molar-refractivity contribution in [3.8, 4) is 22.6 Å². The number of nitrogens with zero attached hydrogens (tertiary/aromatic N) is 2. The Bertz CT molecular complexity index is 1900. The zero-order valence-corrected chi connectivity index (χ0v) is 28.6. The van der Waals surface area contributed by atoms with Crippen LogP contribution in [0, 0.1) is 5.92 Å². The van der Waals surface area contributed by atoms with Gasteiger partial charge in [-0.15, -0.1) is 0 Å². The van der Waals surface area contributed by atoms with Gasteiger partial charge in [-0.3, -0.25) is 4.79 Å². The maximum Gasteiger partial charge on any atom is 0.410 e. The normalized spacial score (nSPS) is 17.6. The molecule has 0 spiro atoms. The molecule has 0 atom stereocenters. The van der Waals surface area contributed by atoms with Crippen LogP contribution in [-0.2, 0) is 28.0 Å². The van der Waals surface area contributed by atoms with Crippen molar-refractivity contribution in [2.24, 2.45) is 13.0 Å². The molecule has 1 N–H and O–H groups in total. The maximum atomic E-state index is 12.8. The average Bonchev–Trinajstić information content (AvgIpc) is 3.53. The van der Waals surface area contributed by atoms with Gasteiger partial charge in [0.05, 0.1) is 11.5 Å². The number of carbonyl (C=O) groups is 1. The summed E-state index contributed by atoms with van der Waals surface area (Å²) in [6.45, 7) is 7.15. The average molecular weight is 660 g/mol. The molecule has 9 nitrogen and oxygen atoms in total. The van der Waals surface area contributed by atoms with E-state index in [9.17, 15) is 18.0 Å². The third-order valence-electron chi connectivity index (χ3n) is 9.47. The second kappa shape index (κ2) is 13.2. The molecule has 4 heterocycles. The number of nitrogens with one attached hydrogen (secondary N) is 1. The lowest BCUT2D eigenvalue weighted by Gasteiger charge is -2.33. The van der Waals surface area contributed by atoms with Gasteiger partial charge in [0.25, 0.3) is 5.56 Å². The van der Waals surface area contributed by atoms with Crippen molar-refractivity contribution in [1.29, 1.82) is 0 Å². The summed E-state index contributed by atoms with van der Waals surface area (Å²) in [4.78, 5) is 30.1. The van der Waals surface area contributed by atoms with E-state index in [4.69, 9.17) is 9.47 Å². The highest BCUT2D eigenvalue weighted by Gasteiger charge is 2.28. The number of sulfone groups is 1. The van der Waals surface area contributed by atoms with Gasteiger partial charge in [-0.25, -0.2) is 13.2 Å². The van der Waals surface area contributed by atoms with Crippen LogP contribution >= 0.6 is 0 Å². The third-order valence-corrected chi connectivity index (χ3v) is 11.2. The molecule has 0 bridgehead atoms. The second-order valence-corrected chi connectivity index (χ2v) is 16.4. The van der Waals surface area contributed by atoms with Crippen molar-refractivity contribution in [3.63, 3.8) is 0 Å².